The second-order valence-electron chi connectivity index (χ2n) is 5.47. The molecule has 0 fully saturated rings. The summed E-state index contributed by atoms with van der Waals surface area (Å²) in [5.74, 6) is 0.568. The topological polar surface area (TPSA) is 84.7 Å². The maximum Gasteiger partial charge on any atom is 0.265 e. The van der Waals surface area contributed by atoms with Crippen molar-refractivity contribution in [3.63, 3.8) is 0 Å². The van der Waals surface area contributed by atoms with E-state index in [9.17, 15) is 9.59 Å². The van der Waals surface area contributed by atoms with E-state index in [2.05, 4.69) is 5.32 Å². The monoisotopic (exact) mass is 291 g/mol. The summed E-state index contributed by atoms with van der Waals surface area (Å²) in [5, 5.41) is 2.81. The Morgan fingerprint density at radius 3 is 2.90 bits per heavy atom. The van der Waals surface area contributed by atoms with E-state index in [-0.39, 0.29) is 25.0 Å². The van der Waals surface area contributed by atoms with E-state index < -0.39 is 0 Å². The third-order valence-corrected chi connectivity index (χ3v) is 3.21. The van der Waals surface area contributed by atoms with E-state index in [0.717, 1.165) is 5.56 Å². The number of amides is 2. The van der Waals surface area contributed by atoms with Crippen molar-refractivity contribution in [2.75, 3.05) is 24.6 Å². The number of hydrogen-bond acceptors (Lipinski definition) is 4. The number of nitrogens with zero attached hydrogens (tertiary/aromatic N) is 1. The molecule has 0 aliphatic carbocycles. The molecule has 1 aliphatic rings. The van der Waals surface area contributed by atoms with E-state index in [1.165, 1.54) is 4.90 Å². The molecule has 0 bridgehead atoms. The fraction of sp³-hybridized carbons (Fsp3) is 0.467. The molecule has 6 nitrogen and oxygen atoms in total. The molecular formula is C15H21N3O3. The summed E-state index contributed by atoms with van der Waals surface area (Å²) in [7, 11) is 0. The summed E-state index contributed by atoms with van der Waals surface area (Å²) in [6.45, 7) is 4.98. The zero-order valence-corrected chi connectivity index (χ0v) is 12.4. The Kier molecular flexibility index (Phi) is 4.80. The van der Waals surface area contributed by atoms with Crippen LogP contribution in [0.25, 0.3) is 0 Å². The van der Waals surface area contributed by atoms with Crippen LogP contribution in [-0.4, -0.2) is 31.5 Å². The Bertz CT molecular complexity index is 543. The molecule has 0 unspecified atom stereocenters. The summed E-state index contributed by atoms with van der Waals surface area (Å²) in [5.41, 5.74) is 7.13. The van der Waals surface area contributed by atoms with Crippen LogP contribution in [0.5, 0.6) is 5.75 Å². The fourth-order valence-corrected chi connectivity index (χ4v) is 2.07. The molecule has 0 saturated heterocycles. The smallest absolute Gasteiger partial charge is 0.265 e. The molecular weight excluding hydrogens is 270 g/mol. The van der Waals surface area contributed by atoms with Crippen LogP contribution in [0, 0.1) is 5.92 Å². The lowest BCUT2D eigenvalue weighted by Gasteiger charge is -2.29. The molecule has 1 aromatic carbocycles. The second-order valence-corrected chi connectivity index (χ2v) is 5.47. The highest BCUT2D eigenvalue weighted by Gasteiger charge is 2.27. The predicted molar refractivity (Wildman–Crippen MR) is 80.0 cm³/mol. The number of fused-ring (bicyclic) bond motifs is 1. The highest BCUT2D eigenvalue weighted by molar-refractivity contribution is 6.02. The highest BCUT2D eigenvalue weighted by Crippen LogP contribution is 2.32. The van der Waals surface area contributed by atoms with E-state index in [0.29, 0.717) is 30.4 Å². The predicted octanol–water partition coefficient (Wildman–Crippen LogP) is 0.643. The van der Waals surface area contributed by atoms with Gasteiger partial charge in [0, 0.05) is 13.1 Å². The first kappa shape index (κ1) is 15.3. The molecule has 6 heteroatoms. The number of benzene rings is 1. The highest BCUT2D eigenvalue weighted by atomic mass is 16.5. The van der Waals surface area contributed by atoms with Gasteiger partial charge < -0.3 is 15.8 Å². The SMILES string of the molecule is CC(C)CNC(=O)CN1C(=O)COc2cc(CN)ccc21. The number of nitrogens with one attached hydrogen (secondary N) is 1. The quantitative estimate of drug-likeness (QED) is 0.834. The van der Waals surface area contributed by atoms with E-state index in [1.807, 2.05) is 19.9 Å². The number of anilines is 1. The molecule has 0 aromatic heterocycles. The number of rotatable bonds is 5. The lowest BCUT2D eigenvalue weighted by molar-refractivity contribution is -0.125. The first-order valence-electron chi connectivity index (χ1n) is 7.04. The molecule has 0 atom stereocenters. The summed E-state index contributed by atoms with van der Waals surface area (Å²) >= 11 is 0. The summed E-state index contributed by atoms with van der Waals surface area (Å²) < 4.78 is 5.41. The molecule has 0 saturated carbocycles. The van der Waals surface area contributed by atoms with Gasteiger partial charge in [-0.1, -0.05) is 19.9 Å². The first-order chi connectivity index (χ1) is 10.0. The number of carbonyl (C=O) groups excluding carboxylic acids is 2. The van der Waals surface area contributed by atoms with Crippen molar-refractivity contribution in [3.8, 4) is 5.75 Å². The van der Waals surface area contributed by atoms with Gasteiger partial charge in [-0.15, -0.1) is 0 Å². The lowest BCUT2D eigenvalue weighted by Crippen LogP contribution is -2.45. The molecule has 0 radical (unpaired) electrons. The standard InChI is InChI=1S/C15H21N3O3/c1-10(2)7-17-14(19)8-18-12-4-3-11(6-16)5-13(12)21-9-15(18)20/h3-5,10H,6-9,16H2,1-2H3,(H,17,19). The van der Waals surface area contributed by atoms with Crippen molar-refractivity contribution in [2.24, 2.45) is 11.7 Å². The molecule has 1 aliphatic heterocycles. The van der Waals surface area contributed by atoms with Crippen molar-refractivity contribution < 1.29 is 14.3 Å². The zero-order valence-electron chi connectivity index (χ0n) is 12.4. The maximum absolute atomic E-state index is 12.0. The minimum absolute atomic E-state index is 0.00385. The minimum atomic E-state index is -0.220. The van der Waals surface area contributed by atoms with Gasteiger partial charge in [0.2, 0.25) is 5.91 Å². The van der Waals surface area contributed by atoms with E-state index >= 15 is 0 Å². The van der Waals surface area contributed by atoms with Crippen LogP contribution in [0.15, 0.2) is 18.2 Å². The average molecular weight is 291 g/mol. The Morgan fingerprint density at radius 2 is 2.24 bits per heavy atom. The molecule has 1 heterocycles. The van der Waals surface area contributed by atoms with Crippen LogP contribution >= 0.6 is 0 Å². The van der Waals surface area contributed by atoms with Gasteiger partial charge in [0.1, 0.15) is 12.3 Å². The number of carbonyl (C=O) groups is 2. The average Bonchev–Trinajstić information content (AvgIpc) is 2.47. The van der Waals surface area contributed by atoms with Gasteiger partial charge >= 0.3 is 0 Å². The van der Waals surface area contributed by atoms with Crippen LogP contribution in [0.3, 0.4) is 0 Å². The Morgan fingerprint density at radius 1 is 1.48 bits per heavy atom. The Balaban J connectivity index is 2.13. The van der Waals surface area contributed by atoms with Crippen molar-refractivity contribution in [3.05, 3.63) is 23.8 Å². The van der Waals surface area contributed by atoms with Gasteiger partial charge in [0.05, 0.1) is 5.69 Å². The van der Waals surface area contributed by atoms with Crippen LogP contribution in [0.1, 0.15) is 19.4 Å². The summed E-state index contributed by atoms with van der Waals surface area (Å²) in [6.07, 6.45) is 0. The van der Waals surface area contributed by atoms with Crippen molar-refractivity contribution in [1.82, 2.24) is 5.32 Å². The zero-order chi connectivity index (χ0) is 15.4. The normalized spacial score (nSPS) is 13.9. The maximum atomic E-state index is 12.0. The first-order valence-corrected chi connectivity index (χ1v) is 7.04. The van der Waals surface area contributed by atoms with Crippen LogP contribution in [0.4, 0.5) is 5.69 Å². The van der Waals surface area contributed by atoms with Crippen molar-refractivity contribution in [1.29, 1.82) is 0 Å². The van der Waals surface area contributed by atoms with Crippen molar-refractivity contribution in [2.45, 2.75) is 20.4 Å². The van der Waals surface area contributed by atoms with Crippen LogP contribution in [-0.2, 0) is 16.1 Å². The van der Waals surface area contributed by atoms with Crippen molar-refractivity contribution >= 4 is 17.5 Å². The summed E-state index contributed by atoms with van der Waals surface area (Å²) in [4.78, 5) is 25.4. The molecule has 114 valence electrons. The number of nitrogens with two attached hydrogens (primary N) is 1. The number of ether oxygens (including phenoxy) is 1. The third kappa shape index (κ3) is 3.72. The lowest BCUT2D eigenvalue weighted by atomic mass is 10.1. The second kappa shape index (κ2) is 6.58. The van der Waals surface area contributed by atoms with Gasteiger partial charge in [0.15, 0.2) is 6.61 Å². The van der Waals surface area contributed by atoms with Gasteiger partial charge in [-0.05, 0) is 23.6 Å². The van der Waals surface area contributed by atoms with E-state index in [4.69, 9.17) is 10.5 Å². The Labute approximate surface area is 124 Å². The number of hydrogen-bond donors (Lipinski definition) is 2. The van der Waals surface area contributed by atoms with Gasteiger partial charge in [0.25, 0.3) is 5.91 Å². The van der Waals surface area contributed by atoms with Gasteiger partial charge in [-0.3, -0.25) is 14.5 Å². The minimum Gasteiger partial charge on any atom is -0.482 e. The summed E-state index contributed by atoms with van der Waals surface area (Å²) in [6, 6.07) is 5.41. The van der Waals surface area contributed by atoms with Gasteiger partial charge in [-0.25, -0.2) is 0 Å². The molecule has 2 amide bonds. The molecule has 0 spiro atoms. The van der Waals surface area contributed by atoms with Gasteiger partial charge in [-0.2, -0.15) is 0 Å². The third-order valence-electron chi connectivity index (χ3n) is 3.21. The molecule has 3 N–H and O–H groups in total. The molecule has 2 rings (SSSR count). The molecule has 1 aromatic rings. The van der Waals surface area contributed by atoms with Crippen LogP contribution < -0.4 is 20.7 Å². The fourth-order valence-electron chi connectivity index (χ4n) is 2.07. The van der Waals surface area contributed by atoms with E-state index in [1.54, 1.807) is 12.1 Å². The van der Waals surface area contributed by atoms with Crippen LogP contribution in [0.2, 0.25) is 0 Å². The molecule has 21 heavy (non-hydrogen) atoms. The Hall–Kier alpha value is -2.08. The largest absolute Gasteiger partial charge is 0.482 e.